The summed E-state index contributed by atoms with van der Waals surface area (Å²) in [6, 6.07) is -0.460. The number of aliphatic hydroxyl groups is 2. The first kappa shape index (κ1) is 10.8. The van der Waals surface area contributed by atoms with Gasteiger partial charge < -0.3 is 24.4 Å². The number of aliphatic hydroxyl groups excluding tert-OH is 2. The topological polar surface area (TPSA) is 80.5 Å². The maximum absolute atomic E-state index is 9.96. The molecule has 1 saturated heterocycles. The van der Waals surface area contributed by atoms with Gasteiger partial charge in [-0.25, -0.2) is 4.99 Å². The van der Waals surface area contributed by atoms with Crippen LogP contribution in [0.5, 0.6) is 0 Å². The molecule has 15 heavy (non-hydrogen) atoms. The van der Waals surface area contributed by atoms with Crippen molar-refractivity contribution in [3.8, 4) is 0 Å². The van der Waals surface area contributed by atoms with Gasteiger partial charge in [-0.1, -0.05) is 0 Å². The molecule has 0 aromatic rings. The van der Waals surface area contributed by atoms with E-state index in [0.717, 1.165) is 0 Å². The average Bonchev–Trinajstić information content (AvgIpc) is 2.59. The zero-order valence-electron chi connectivity index (χ0n) is 8.66. The molecule has 0 aliphatic carbocycles. The van der Waals surface area contributed by atoms with Crippen LogP contribution in [0.15, 0.2) is 4.99 Å². The molecule has 0 spiro atoms. The molecule has 3 unspecified atom stereocenters. The number of aliphatic imine (C=N–C) groups is 1. The molecular formula is C9H15NO5. The van der Waals surface area contributed by atoms with Gasteiger partial charge in [0.2, 0.25) is 6.29 Å². The summed E-state index contributed by atoms with van der Waals surface area (Å²) in [5.41, 5.74) is 0. The third-order valence-electron chi connectivity index (χ3n) is 2.71. The summed E-state index contributed by atoms with van der Waals surface area (Å²) in [5, 5.41) is 19.0. The first-order chi connectivity index (χ1) is 7.17. The minimum absolute atomic E-state index is 0.221. The summed E-state index contributed by atoms with van der Waals surface area (Å²) in [5.74, 6) is 0.484. The quantitative estimate of drug-likeness (QED) is 0.613. The Morgan fingerprint density at radius 1 is 1.53 bits per heavy atom. The fraction of sp³-hybridized carbons (Fsp3) is 0.889. The summed E-state index contributed by atoms with van der Waals surface area (Å²) >= 11 is 0. The highest BCUT2D eigenvalue weighted by atomic mass is 16.7. The van der Waals surface area contributed by atoms with E-state index in [0.29, 0.717) is 5.90 Å². The lowest BCUT2D eigenvalue weighted by atomic mass is 9.98. The second-order valence-electron chi connectivity index (χ2n) is 3.67. The van der Waals surface area contributed by atoms with Crippen molar-refractivity contribution in [1.29, 1.82) is 0 Å². The number of fused-ring (bicyclic) bond motifs is 1. The van der Waals surface area contributed by atoms with Crippen LogP contribution >= 0.6 is 0 Å². The Morgan fingerprint density at radius 2 is 2.27 bits per heavy atom. The van der Waals surface area contributed by atoms with Crippen molar-refractivity contribution < 1.29 is 24.4 Å². The van der Waals surface area contributed by atoms with Crippen molar-refractivity contribution in [1.82, 2.24) is 0 Å². The SMILES string of the molecule is CO[C@@H]1C(CO)O[C@H]2OC(C)=NC2C1O. The fourth-order valence-corrected chi connectivity index (χ4v) is 1.99. The fourth-order valence-electron chi connectivity index (χ4n) is 1.99. The summed E-state index contributed by atoms with van der Waals surface area (Å²) < 4.78 is 15.8. The largest absolute Gasteiger partial charge is 0.450 e. The van der Waals surface area contributed by atoms with E-state index in [1.165, 1.54) is 7.11 Å². The van der Waals surface area contributed by atoms with Gasteiger partial charge in [0.1, 0.15) is 24.4 Å². The predicted octanol–water partition coefficient (Wildman–Crippen LogP) is -1.10. The second-order valence-corrected chi connectivity index (χ2v) is 3.67. The lowest BCUT2D eigenvalue weighted by molar-refractivity contribution is -0.240. The van der Waals surface area contributed by atoms with Gasteiger partial charge in [0.25, 0.3) is 0 Å². The first-order valence-corrected chi connectivity index (χ1v) is 4.85. The third-order valence-corrected chi connectivity index (χ3v) is 2.71. The Morgan fingerprint density at radius 3 is 2.87 bits per heavy atom. The van der Waals surface area contributed by atoms with Gasteiger partial charge in [0, 0.05) is 14.0 Å². The standard InChI is InChI=1S/C9H15NO5/c1-4-10-6-7(12)8(13-2)5(3-11)15-9(6)14-4/h5-9,11-12H,3H2,1-2H3/t5?,6?,7?,8-,9-/m1/s1. The van der Waals surface area contributed by atoms with Crippen LogP contribution in [0.25, 0.3) is 0 Å². The Labute approximate surface area is 87.5 Å². The molecule has 0 aromatic carbocycles. The van der Waals surface area contributed by atoms with Crippen LogP contribution < -0.4 is 0 Å². The molecule has 0 bridgehead atoms. The van der Waals surface area contributed by atoms with E-state index in [1.54, 1.807) is 6.92 Å². The molecular weight excluding hydrogens is 202 g/mol. The van der Waals surface area contributed by atoms with Gasteiger partial charge in [-0.2, -0.15) is 0 Å². The molecule has 0 saturated carbocycles. The number of methoxy groups -OCH3 is 1. The molecule has 2 aliphatic rings. The maximum atomic E-state index is 9.96. The van der Waals surface area contributed by atoms with Gasteiger partial charge >= 0.3 is 0 Å². The van der Waals surface area contributed by atoms with E-state index in [-0.39, 0.29) is 6.61 Å². The highest BCUT2D eigenvalue weighted by Crippen LogP contribution is 2.29. The zero-order valence-corrected chi connectivity index (χ0v) is 8.66. The van der Waals surface area contributed by atoms with Crippen LogP contribution in [-0.2, 0) is 14.2 Å². The Bertz CT molecular complexity index is 269. The monoisotopic (exact) mass is 217 g/mol. The minimum atomic E-state index is -0.816. The molecule has 5 atom stereocenters. The Hall–Kier alpha value is -0.690. The molecule has 0 amide bonds. The van der Waals surface area contributed by atoms with Crippen molar-refractivity contribution in [2.24, 2.45) is 4.99 Å². The molecule has 2 heterocycles. The smallest absolute Gasteiger partial charge is 0.227 e. The average molecular weight is 217 g/mol. The third kappa shape index (κ3) is 1.74. The summed E-state index contributed by atoms with van der Waals surface area (Å²) in [7, 11) is 1.46. The van der Waals surface area contributed by atoms with E-state index < -0.39 is 30.6 Å². The normalized spacial score (nSPS) is 44.5. The molecule has 2 N–H and O–H groups in total. The van der Waals surface area contributed by atoms with Gasteiger partial charge in [-0.05, 0) is 0 Å². The Balaban J connectivity index is 2.16. The van der Waals surface area contributed by atoms with Crippen molar-refractivity contribution in [3.63, 3.8) is 0 Å². The number of ether oxygens (including phenoxy) is 3. The lowest BCUT2D eigenvalue weighted by Crippen LogP contribution is -2.57. The molecule has 0 radical (unpaired) electrons. The van der Waals surface area contributed by atoms with Crippen LogP contribution in [0.3, 0.4) is 0 Å². The summed E-state index contributed by atoms with van der Waals surface area (Å²) in [6.45, 7) is 1.48. The van der Waals surface area contributed by atoms with E-state index in [4.69, 9.17) is 19.3 Å². The van der Waals surface area contributed by atoms with E-state index in [2.05, 4.69) is 4.99 Å². The molecule has 86 valence electrons. The number of hydrogen-bond acceptors (Lipinski definition) is 6. The highest BCUT2D eigenvalue weighted by molar-refractivity contribution is 5.75. The minimum Gasteiger partial charge on any atom is -0.450 e. The van der Waals surface area contributed by atoms with E-state index in [1.807, 2.05) is 0 Å². The van der Waals surface area contributed by atoms with Crippen molar-refractivity contribution in [3.05, 3.63) is 0 Å². The summed E-state index contributed by atoms with van der Waals surface area (Å²) in [4.78, 5) is 4.12. The first-order valence-electron chi connectivity index (χ1n) is 4.85. The van der Waals surface area contributed by atoms with Crippen LogP contribution in [0.2, 0.25) is 0 Å². The van der Waals surface area contributed by atoms with Crippen LogP contribution in [0, 0.1) is 0 Å². The van der Waals surface area contributed by atoms with Gasteiger partial charge in [-0.15, -0.1) is 0 Å². The van der Waals surface area contributed by atoms with Crippen molar-refractivity contribution in [2.45, 2.75) is 37.6 Å². The Kier molecular flexibility index (Phi) is 2.92. The van der Waals surface area contributed by atoms with Crippen LogP contribution in [0.4, 0.5) is 0 Å². The second kappa shape index (κ2) is 4.05. The van der Waals surface area contributed by atoms with Crippen LogP contribution in [-0.4, -0.2) is 60.5 Å². The number of hydrogen-bond donors (Lipinski definition) is 2. The lowest BCUT2D eigenvalue weighted by Gasteiger charge is -2.38. The molecule has 6 heteroatoms. The molecule has 2 rings (SSSR count). The van der Waals surface area contributed by atoms with Gasteiger partial charge in [0.15, 0.2) is 5.90 Å². The molecule has 6 nitrogen and oxygen atoms in total. The van der Waals surface area contributed by atoms with Gasteiger partial charge in [0.05, 0.1) is 6.61 Å². The van der Waals surface area contributed by atoms with E-state index in [9.17, 15) is 5.11 Å². The van der Waals surface area contributed by atoms with Crippen molar-refractivity contribution >= 4 is 5.90 Å². The summed E-state index contributed by atoms with van der Waals surface area (Å²) in [6.07, 6.45) is -2.58. The predicted molar refractivity (Wildman–Crippen MR) is 50.5 cm³/mol. The zero-order chi connectivity index (χ0) is 11.0. The van der Waals surface area contributed by atoms with Crippen LogP contribution in [0.1, 0.15) is 6.92 Å². The number of nitrogens with zero attached hydrogens (tertiary/aromatic N) is 1. The number of rotatable bonds is 2. The maximum Gasteiger partial charge on any atom is 0.227 e. The van der Waals surface area contributed by atoms with E-state index >= 15 is 0 Å². The molecule has 0 aromatic heterocycles. The highest BCUT2D eigenvalue weighted by Gasteiger charge is 2.49. The molecule has 2 aliphatic heterocycles. The molecule has 1 fully saturated rings. The van der Waals surface area contributed by atoms with Crippen molar-refractivity contribution in [2.75, 3.05) is 13.7 Å². The van der Waals surface area contributed by atoms with Gasteiger partial charge in [-0.3, -0.25) is 0 Å².